The van der Waals surface area contributed by atoms with Gasteiger partial charge in [-0.1, -0.05) is 35.1 Å². The van der Waals surface area contributed by atoms with Crippen LogP contribution in [0.15, 0.2) is 35.4 Å². The molecule has 7 nitrogen and oxygen atoms in total. The first kappa shape index (κ1) is 19.9. The Morgan fingerprint density at radius 1 is 1.38 bits per heavy atom. The van der Waals surface area contributed by atoms with Crippen LogP contribution in [0.5, 0.6) is 0 Å². The van der Waals surface area contributed by atoms with Crippen LogP contribution in [0.1, 0.15) is 40.1 Å². The topological polar surface area (TPSA) is 94.6 Å². The van der Waals surface area contributed by atoms with E-state index in [1.807, 2.05) is 17.3 Å². The van der Waals surface area contributed by atoms with E-state index in [1.165, 1.54) is 39.8 Å². The summed E-state index contributed by atoms with van der Waals surface area (Å²) in [6.45, 7) is 4.17. The van der Waals surface area contributed by atoms with Gasteiger partial charge in [0.1, 0.15) is 17.1 Å². The number of nitrogens with zero attached hydrogens (tertiary/aromatic N) is 4. The first-order valence-corrected chi connectivity index (χ1v) is 11.3. The van der Waals surface area contributed by atoms with Crippen LogP contribution in [0.25, 0.3) is 0 Å². The zero-order chi connectivity index (χ0) is 20.7. The minimum absolute atomic E-state index is 0.00601. The SMILES string of the molecule is CSC1=NN2C(c3ccc(C)cc3C)CC(c3ccc([N+](=O)[O-])s3)NC2C1C#N. The summed E-state index contributed by atoms with van der Waals surface area (Å²) in [7, 11) is 0. The van der Waals surface area contributed by atoms with Crippen LogP contribution >= 0.6 is 23.1 Å². The van der Waals surface area contributed by atoms with Gasteiger partial charge >= 0.3 is 5.00 Å². The molecule has 150 valence electrons. The second kappa shape index (κ2) is 7.78. The van der Waals surface area contributed by atoms with Gasteiger partial charge in [-0.2, -0.15) is 10.4 Å². The van der Waals surface area contributed by atoms with E-state index >= 15 is 0 Å². The molecule has 0 aliphatic carbocycles. The van der Waals surface area contributed by atoms with Crippen LogP contribution in [0.3, 0.4) is 0 Å². The lowest BCUT2D eigenvalue weighted by Gasteiger charge is -2.42. The fourth-order valence-electron chi connectivity index (χ4n) is 4.16. The summed E-state index contributed by atoms with van der Waals surface area (Å²) >= 11 is 2.69. The standard InChI is InChI=1S/C20H21N5O2S2/c1-11-4-5-13(12(2)8-11)16-9-15(17-6-7-18(29-17)25(26)27)22-19-14(10-21)20(28-3)23-24(16)19/h4-8,14-16,19,22H,9H2,1-3H3. The first-order chi connectivity index (χ1) is 13.9. The molecular formula is C20H21N5O2S2. The molecule has 3 heterocycles. The highest BCUT2D eigenvalue weighted by molar-refractivity contribution is 8.13. The fraction of sp³-hybridized carbons (Fsp3) is 0.400. The summed E-state index contributed by atoms with van der Waals surface area (Å²) in [5.41, 5.74) is 3.57. The van der Waals surface area contributed by atoms with Crippen LogP contribution in [0.4, 0.5) is 5.00 Å². The average molecular weight is 428 g/mol. The van der Waals surface area contributed by atoms with Gasteiger partial charge in [-0.25, -0.2) is 0 Å². The highest BCUT2D eigenvalue weighted by Crippen LogP contribution is 2.45. The zero-order valence-corrected chi connectivity index (χ0v) is 18.0. The smallest absolute Gasteiger partial charge is 0.287 e. The van der Waals surface area contributed by atoms with E-state index in [0.717, 1.165) is 16.3 Å². The van der Waals surface area contributed by atoms with Crippen LogP contribution < -0.4 is 5.32 Å². The largest absolute Gasteiger partial charge is 0.324 e. The Morgan fingerprint density at radius 2 is 2.17 bits per heavy atom. The number of thioether (sulfide) groups is 1. The Kier molecular flexibility index (Phi) is 5.34. The first-order valence-electron chi connectivity index (χ1n) is 9.30. The Morgan fingerprint density at radius 3 is 2.79 bits per heavy atom. The van der Waals surface area contributed by atoms with Crippen molar-refractivity contribution < 1.29 is 4.92 Å². The third-order valence-corrected chi connectivity index (χ3v) is 7.40. The van der Waals surface area contributed by atoms with E-state index in [1.54, 1.807) is 6.07 Å². The van der Waals surface area contributed by atoms with Crippen molar-refractivity contribution in [1.29, 1.82) is 5.26 Å². The lowest BCUT2D eigenvalue weighted by Crippen LogP contribution is -2.52. The van der Waals surface area contributed by atoms with Gasteiger partial charge in [-0.05, 0) is 43.7 Å². The van der Waals surface area contributed by atoms with Gasteiger partial charge < -0.3 is 0 Å². The van der Waals surface area contributed by atoms with Gasteiger partial charge in [0.2, 0.25) is 0 Å². The van der Waals surface area contributed by atoms with Crippen molar-refractivity contribution in [3.8, 4) is 6.07 Å². The molecule has 0 bridgehead atoms. The van der Waals surface area contributed by atoms with Crippen LogP contribution in [-0.2, 0) is 0 Å². The summed E-state index contributed by atoms with van der Waals surface area (Å²) in [6.07, 6.45) is 2.41. The van der Waals surface area contributed by atoms with Gasteiger partial charge in [0.05, 0.1) is 17.0 Å². The molecule has 1 fully saturated rings. The molecule has 9 heteroatoms. The minimum Gasteiger partial charge on any atom is -0.287 e. The van der Waals surface area contributed by atoms with Crippen LogP contribution in [0.2, 0.25) is 0 Å². The second-order valence-corrected chi connectivity index (χ2v) is 9.26. The molecule has 2 aliphatic heterocycles. The van der Waals surface area contributed by atoms with E-state index < -0.39 is 0 Å². The molecule has 0 amide bonds. The molecular weight excluding hydrogens is 406 g/mol. The van der Waals surface area contributed by atoms with Gasteiger partial charge in [0, 0.05) is 17.0 Å². The summed E-state index contributed by atoms with van der Waals surface area (Å²) in [6, 6.07) is 12.1. The van der Waals surface area contributed by atoms with Crippen molar-refractivity contribution in [1.82, 2.24) is 10.3 Å². The van der Waals surface area contributed by atoms with E-state index in [0.29, 0.717) is 0 Å². The maximum absolute atomic E-state index is 11.1. The molecule has 4 rings (SSSR count). The predicted molar refractivity (Wildman–Crippen MR) is 116 cm³/mol. The Hall–Kier alpha value is -2.41. The third-order valence-electron chi connectivity index (χ3n) is 5.50. The molecule has 0 radical (unpaired) electrons. The van der Waals surface area contributed by atoms with E-state index in [-0.39, 0.29) is 34.1 Å². The molecule has 1 saturated heterocycles. The number of hydrogen-bond acceptors (Lipinski definition) is 8. The number of nitro groups is 1. The zero-order valence-electron chi connectivity index (χ0n) is 16.3. The van der Waals surface area contributed by atoms with Crippen molar-refractivity contribution in [2.45, 2.75) is 38.5 Å². The molecule has 4 atom stereocenters. The Bertz CT molecular complexity index is 1030. The van der Waals surface area contributed by atoms with Crippen molar-refractivity contribution in [3.05, 3.63) is 62.0 Å². The average Bonchev–Trinajstić information content (AvgIpc) is 3.32. The molecule has 1 N–H and O–H groups in total. The lowest BCUT2D eigenvalue weighted by molar-refractivity contribution is -0.380. The van der Waals surface area contributed by atoms with Gasteiger partial charge in [0.15, 0.2) is 0 Å². The molecule has 29 heavy (non-hydrogen) atoms. The van der Waals surface area contributed by atoms with E-state index in [4.69, 9.17) is 5.10 Å². The van der Waals surface area contributed by atoms with Gasteiger partial charge in [-0.15, -0.1) is 11.8 Å². The number of rotatable bonds is 3. The summed E-state index contributed by atoms with van der Waals surface area (Å²) in [5.74, 6) is -0.365. The lowest BCUT2D eigenvalue weighted by atomic mass is 9.90. The molecule has 0 spiro atoms. The maximum atomic E-state index is 11.1. The molecule has 1 aromatic carbocycles. The molecule has 0 saturated carbocycles. The quantitative estimate of drug-likeness (QED) is 0.572. The van der Waals surface area contributed by atoms with Crippen LogP contribution in [-0.4, -0.2) is 27.4 Å². The number of hydrazone groups is 1. The monoisotopic (exact) mass is 427 g/mol. The number of nitrogens with one attached hydrogen (secondary N) is 1. The van der Waals surface area contributed by atoms with Gasteiger partial charge in [-0.3, -0.25) is 20.4 Å². The van der Waals surface area contributed by atoms with Crippen LogP contribution in [0, 0.1) is 41.2 Å². The predicted octanol–water partition coefficient (Wildman–Crippen LogP) is 4.51. The van der Waals surface area contributed by atoms with Crippen molar-refractivity contribution >= 4 is 33.1 Å². The number of aryl methyl sites for hydroxylation is 2. The Balaban J connectivity index is 1.75. The van der Waals surface area contributed by atoms with E-state index in [9.17, 15) is 15.4 Å². The highest BCUT2D eigenvalue weighted by Gasteiger charge is 2.46. The highest BCUT2D eigenvalue weighted by atomic mass is 32.2. The number of nitriles is 1. The molecule has 2 aromatic rings. The van der Waals surface area contributed by atoms with Crippen molar-refractivity contribution in [2.75, 3.05) is 6.26 Å². The van der Waals surface area contributed by atoms with E-state index in [2.05, 4.69) is 43.4 Å². The fourth-order valence-corrected chi connectivity index (χ4v) is 5.66. The summed E-state index contributed by atoms with van der Waals surface area (Å²) in [5, 5.41) is 32.2. The normalized spacial score (nSPS) is 26.0. The minimum atomic E-state index is -0.365. The second-order valence-electron chi connectivity index (χ2n) is 7.34. The van der Waals surface area contributed by atoms with Crippen molar-refractivity contribution in [3.63, 3.8) is 0 Å². The molecule has 4 unspecified atom stereocenters. The molecule has 2 aliphatic rings. The number of fused-ring (bicyclic) bond motifs is 1. The number of thiophene rings is 1. The Labute approximate surface area is 177 Å². The summed E-state index contributed by atoms with van der Waals surface area (Å²) in [4.78, 5) is 11.7. The van der Waals surface area contributed by atoms with Gasteiger partial charge in [0.25, 0.3) is 0 Å². The van der Waals surface area contributed by atoms with Crippen molar-refractivity contribution in [2.24, 2.45) is 11.0 Å². The third kappa shape index (κ3) is 3.52. The maximum Gasteiger partial charge on any atom is 0.324 e. The summed E-state index contributed by atoms with van der Waals surface area (Å²) < 4.78 is 0. The molecule has 1 aromatic heterocycles. The number of benzene rings is 1. The number of hydrogen-bond donors (Lipinski definition) is 1.